The number of aromatic nitrogens is 2. The predicted molar refractivity (Wildman–Crippen MR) is 49.4 cm³/mol. The van der Waals surface area contributed by atoms with Crippen LogP contribution in [0.15, 0.2) is 18.5 Å². The summed E-state index contributed by atoms with van der Waals surface area (Å²) in [5.74, 6) is 0. The van der Waals surface area contributed by atoms with Crippen molar-refractivity contribution in [1.29, 1.82) is 5.26 Å². The Labute approximate surface area is 76.3 Å². The molecular formula is C10H9N3. The van der Waals surface area contributed by atoms with Crippen LogP contribution in [-0.2, 0) is 0 Å². The molecule has 0 unspecified atom stereocenters. The Bertz CT molecular complexity index is 503. The van der Waals surface area contributed by atoms with Crippen molar-refractivity contribution in [2.75, 3.05) is 0 Å². The average molecular weight is 171 g/mol. The van der Waals surface area contributed by atoms with E-state index in [1.165, 1.54) is 0 Å². The first-order chi connectivity index (χ1) is 6.24. The smallest absolute Gasteiger partial charge is 0.155 e. The van der Waals surface area contributed by atoms with Crippen LogP contribution >= 0.6 is 0 Å². The van der Waals surface area contributed by atoms with Gasteiger partial charge in [-0.1, -0.05) is 0 Å². The van der Waals surface area contributed by atoms with Gasteiger partial charge in [0, 0.05) is 18.1 Å². The molecule has 2 aromatic heterocycles. The minimum atomic E-state index is 0.663. The lowest BCUT2D eigenvalue weighted by molar-refractivity contribution is 1.09. The molecule has 3 heteroatoms. The molecular weight excluding hydrogens is 162 g/mol. The van der Waals surface area contributed by atoms with Gasteiger partial charge in [-0.15, -0.1) is 0 Å². The third kappa shape index (κ3) is 0.994. The minimum absolute atomic E-state index is 0.663. The predicted octanol–water partition coefficient (Wildman–Crippen LogP) is 1.82. The van der Waals surface area contributed by atoms with Crippen LogP contribution in [0.25, 0.3) is 5.65 Å². The third-order valence-electron chi connectivity index (χ3n) is 2.19. The highest BCUT2D eigenvalue weighted by Gasteiger charge is 2.06. The van der Waals surface area contributed by atoms with Crippen molar-refractivity contribution in [1.82, 2.24) is 9.38 Å². The number of aryl methyl sites for hydroxylation is 2. The van der Waals surface area contributed by atoms with Crippen LogP contribution in [0.5, 0.6) is 0 Å². The van der Waals surface area contributed by atoms with Gasteiger partial charge in [0.15, 0.2) is 5.65 Å². The van der Waals surface area contributed by atoms with Gasteiger partial charge in [-0.2, -0.15) is 5.26 Å². The van der Waals surface area contributed by atoms with Crippen molar-refractivity contribution in [3.63, 3.8) is 0 Å². The number of hydrogen-bond donors (Lipinski definition) is 0. The average Bonchev–Trinajstić information content (AvgIpc) is 2.48. The molecule has 0 saturated carbocycles. The van der Waals surface area contributed by atoms with Crippen molar-refractivity contribution in [2.45, 2.75) is 13.8 Å². The molecule has 2 aromatic rings. The van der Waals surface area contributed by atoms with Crippen LogP contribution in [0.3, 0.4) is 0 Å². The monoisotopic (exact) mass is 171 g/mol. The van der Waals surface area contributed by atoms with Crippen molar-refractivity contribution in [2.24, 2.45) is 0 Å². The summed E-state index contributed by atoms with van der Waals surface area (Å²) in [6.07, 6.45) is 3.71. The van der Waals surface area contributed by atoms with Gasteiger partial charge in [0.2, 0.25) is 0 Å². The van der Waals surface area contributed by atoms with E-state index in [4.69, 9.17) is 5.26 Å². The molecule has 0 N–H and O–H groups in total. The van der Waals surface area contributed by atoms with Gasteiger partial charge >= 0.3 is 0 Å². The number of hydrogen-bond acceptors (Lipinski definition) is 2. The number of nitrogens with zero attached hydrogens (tertiary/aromatic N) is 3. The lowest BCUT2D eigenvalue weighted by Crippen LogP contribution is -1.92. The van der Waals surface area contributed by atoms with Gasteiger partial charge in [-0.3, -0.25) is 0 Å². The van der Waals surface area contributed by atoms with E-state index in [1.54, 1.807) is 6.20 Å². The molecule has 64 valence electrons. The van der Waals surface area contributed by atoms with Crippen molar-refractivity contribution in [3.8, 4) is 6.07 Å². The zero-order valence-electron chi connectivity index (χ0n) is 7.57. The van der Waals surface area contributed by atoms with Crippen LogP contribution in [0.4, 0.5) is 0 Å². The molecule has 0 bridgehead atoms. The zero-order chi connectivity index (χ0) is 9.42. The van der Waals surface area contributed by atoms with Crippen molar-refractivity contribution < 1.29 is 0 Å². The number of imidazole rings is 1. The maximum absolute atomic E-state index is 8.92. The van der Waals surface area contributed by atoms with Crippen molar-refractivity contribution >= 4 is 5.65 Å². The van der Waals surface area contributed by atoms with Crippen LogP contribution in [0.2, 0.25) is 0 Å². The summed E-state index contributed by atoms with van der Waals surface area (Å²) < 4.78 is 1.92. The van der Waals surface area contributed by atoms with Crippen LogP contribution in [-0.4, -0.2) is 9.38 Å². The Morgan fingerprint density at radius 2 is 2.23 bits per heavy atom. The Balaban J connectivity index is 2.95. The van der Waals surface area contributed by atoms with Crippen LogP contribution in [0.1, 0.15) is 16.8 Å². The van der Waals surface area contributed by atoms with Gasteiger partial charge in [0.05, 0.1) is 5.56 Å². The molecule has 0 aliphatic carbocycles. The summed E-state index contributed by atoms with van der Waals surface area (Å²) in [5.41, 5.74) is 3.43. The highest BCUT2D eigenvalue weighted by molar-refractivity contribution is 5.59. The maximum atomic E-state index is 8.92. The molecule has 0 aliphatic heterocycles. The summed E-state index contributed by atoms with van der Waals surface area (Å²) in [7, 11) is 0. The van der Waals surface area contributed by atoms with E-state index >= 15 is 0 Å². The minimum Gasteiger partial charge on any atom is -0.303 e. The topological polar surface area (TPSA) is 41.1 Å². The van der Waals surface area contributed by atoms with Crippen molar-refractivity contribution in [3.05, 3.63) is 35.3 Å². The molecule has 0 aromatic carbocycles. The van der Waals surface area contributed by atoms with E-state index in [0.717, 1.165) is 16.9 Å². The largest absolute Gasteiger partial charge is 0.303 e. The molecule has 3 nitrogen and oxygen atoms in total. The number of nitriles is 1. The standard InChI is InChI=1S/C10H9N3/c1-7-3-4-13-8(2)6-12-10(13)9(7)5-11/h3-4,6H,1-2H3. The number of fused-ring (bicyclic) bond motifs is 1. The molecule has 0 radical (unpaired) electrons. The number of rotatable bonds is 0. The molecule has 0 amide bonds. The number of pyridine rings is 1. The molecule has 0 spiro atoms. The van der Waals surface area contributed by atoms with Gasteiger partial charge in [-0.25, -0.2) is 4.98 Å². The summed E-state index contributed by atoms with van der Waals surface area (Å²) in [6.45, 7) is 3.89. The van der Waals surface area contributed by atoms with E-state index in [2.05, 4.69) is 11.1 Å². The first-order valence-electron chi connectivity index (χ1n) is 4.07. The third-order valence-corrected chi connectivity index (χ3v) is 2.19. The normalized spacial score (nSPS) is 10.2. The second-order valence-electron chi connectivity index (χ2n) is 3.08. The summed E-state index contributed by atoms with van der Waals surface area (Å²) >= 11 is 0. The van der Waals surface area contributed by atoms with Crippen LogP contribution < -0.4 is 0 Å². The molecule has 2 heterocycles. The summed E-state index contributed by atoms with van der Waals surface area (Å²) in [4.78, 5) is 4.19. The summed E-state index contributed by atoms with van der Waals surface area (Å²) in [5, 5.41) is 8.92. The van der Waals surface area contributed by atoms with Gasteiger partial charge in [-0.05, 0) is 25.5 Å². The van der Waals surface area contributed by atoms with Gasteiger partial charge in [0.25, 0.3) is 0 Å². The molecule has 0 atom stereocenters. The van der Waals surface area contributed by atoms with E-state index in [9.17, 15) is 0 Å². The highest BCUT2D eigenvalue weighted by atomic mass is 15.0. The Morgan fingerprint density at radius 3 is 2.92 bits per heavy atom. The van der Waals surface area contributed by atoms with Gasteiger partial charge < -0.3 is 4.40 Å². The summed E-state index contributed by atoms with van der Waals surface area (Å²) in [6, 6.07) is 4.10. The maximum Gasteiger partial charge on any atom is 0.155 e. The zero-order valence-corrected chi connectivity index (χ0v) is 7.57. The molecule has 0 fully saturated rings. The fourth-order valence-electron chi connectivity index (χ4n) is 1.40. The van der Waals surface area contributed by atoms with E-state index in [-0.39, 0.29) is 0 Å². The first kappa shape index (κ1) is 7.81. The molecule has 0 aliphatic rings. The van der Waals surface area contributed by atoms with E-state index in [0.29, 0.717) is 5.56 Å². The Hall–Kier alpha value is -1.82. The van der Waals surface area contributed by atoms with E-state index in [1.807, 2.05) is 30.5 Å². The fraction of sp³-hybridized carbons (Fsp3) is 0.200. The lowest BCUT2D eigenvalue weighted by Gasteiger charge is -2.00. The SMILES string of the molecule is Cc1ccn2c(C)cnc2c1C#N. The van der Waals surface area contributed by atoms with E-state index < -0.39 is 0 Å². The molecule has 0 saturated heterocycles. The Kier molecular flexibility index (Phi) is 1.56. The highest BCUT2D eigenvalue weighted by Crippen LogP contribution is 2.14. The second-order valence-corrected chi connectivity index (χ2v) is 3.08. The lowest BCUT2D eigenvalue weighted by atomic mass is 10.2. The second kappa shape index (κ2) is 2.60. The molecule has 13 heavy (non-hydrogen) atoms. The molecule has 2 rings (SSSR count). The van der Waals surface area contributed by atoms with Crippen LogP contribution in [0, 0.1) is 25.2 Å². The Morgan fingerprint density at radius 1 is 1.46 bits per heavy atom. The fourth-order valence-corrected chi connectivity index (χ4v) is 1.40. The first-order valence-corrected chi connectivity index (χ1v) is 4.07. The van der Waals surface area contributed by atoms with Gasteiger partial charge in [0.1, 0.15) is 6.07 Å². The quantitative estimate of drug-likeness (QED) is 0.606.